The van der Waals surface area contributed by atoms with Crippen molar-refractivity contribution in [2.45, 2.75) is 6.92 Å². The molecule has 0 saturated heterocycles. The third kappa shape index (κ3) is 0.863. The number of imidazole rings is 1. The van der Waals surface area contributed by atoms with Crippen molar-refractivity contribution in [3.63, 3.8) is 0 Å². The Labute approximate surface area is 71.0 Å². The van der Waals surface area contributed by atoms with Gasteiger partial charge in [-0.05, 0) is 19.1 Å². The van der Waals surface area contributed by atoms with Crippen molar-refractivity contribution in [3.8, 4) is 0 Å². The molecule has 0 aliphatic heterocycles. The Kier molecular flexibility index (Phi) is 1.50. The number of hydrogen-bond donors (Lipinski definition) is 1. The van der Waals surface area contributed by atoms with Crippen LogP contribution in [0.5, 0.6) is 0 Å². The maximum atomic E-state index is 4.23. The standard InChI is InChI=1S/C9H11N3/c1-7-11-6-8-4-3-5-9(10-2)12(7)8/h3-6,10H,1-2H3. The Morgan fingerprint density at radius 2 is 2.25 bits per heavy atom. The van der Waals surface area contributed by atoms with Crippen LogP contribution in [-0.2, 0) is 0 Å². The Bertz CT molecular complexity index is 403. The van der Waals surface area contributed by atoms with Gasteiger partial charge in [-0.2, -0.15) is 0 Å². The number of fused-ring (bicyclic) bond motifs is 1. The van der Waals surface area contributed by atoms with Gasteiger partial charge in [0.15, 0.2) is 0 Å². The summed E-state index contributed by atoms with van der Waals surface area (Å²) >= 11 is 0. The van der Waals surface area contributed by atoms with E-state index in [0.29, 0.717) is 0 Å². The summed E-state index contributed by atoms with van der Waals surface area (Å²) in [6, 6.07) is 6.09. The fourth-order valence-electron chi connectivity index (χ4n) is 1.40. The molecule has 2 rings (SSSR count). The van der Waals surface area contributed by atoms with Crippen LogP contribution in [0.25, 0.3) is 5.52 Å². The quantitative estimate of drug-likeness (QED) is 0.689. The molecule has 0 aliphatic carbocycles. The summed E-state index contributed by atoms with van der Waals surface area (Å²) < 4.78 is 2.08. The first kappa shape index (κ1) is 7.16. The van der Waals surface area contributed by atoms with Gasteiger partial charge in [-0.3, -0.25) is 4.40 Å². The average Bonchev–Trinajstić information content (AvgIpc) is 2.48. The summed E-state index contributed by atoms with van der Waals surface area (Å²) in [5, 5.41) is 3.12. The molecule has 2 aromatic heterocycles. The summed E-state index contributed by atoms with van der Waals surface area (Å²) in [6.45, 7) is 1.99. The largest absolute Gasteiger partial charge is 0.374 e. The van der Waals surface area contributed by atoms with E-state index in [1.807, 2.05) is 38.4 Å². The van der Waals surface area contributed by atoms with Crippen molar-refractivity contribution in [3.05, 3.63) is 30.2 Å². The van der Waals surface area contributed by atoms with E-state index >= 15 is 0 Å². The molecule has 0 saturated carbocycles. The second-order valence-electron chi connectivity index (χ2n) is 2.73. The van der Waals surface area contributed by atoms with Gasteiger partial charge in [0.25, 0.3) is 0 Å². The molecule has 12 heavy (non-hydrogen) atoms. The van der Waals surface area contributed by atoms with Gasteiger partial charge in [-0.1, -0.05) is 6.07 Å². The first-order valence-corrected chi connectivity index (χ1v) is 3.94. The number of nitrogens with one attached hydrogen (secondary N) is 1. The number of anilines is 1. The molecule has 1 N–H and O–H groups in total. The van der Waals surface area contributed by atoms with Crippen LogP contribution in [0.4, 0.5) is 5.82 Å². The average molecular weight is 161 g/mol. The van der Waals surface area contributed by atoms with E-state index in [1.54, 1.807) is 0 Å². The number of rotatable bonds is 1. The molecule has 0 radical (unpaired) electrons. The van der Waals surface area contributed by atoms with E-state index in [0.717, 1.165) is 17.2 Å². The Morgan fingerprint density at radius 1 is 1.42 bits per heavy atom. The molecule has 0 atom stereocenters. The van der Waals surface area contributed by atoms with Crippen LogP contribution < -0.4 is 5.32 Å². The summed E-state index contributed by atoms with van der Waals surface area (Å²) in [7, 11) is 1.91. The minimum atomic E-state index is 1.01. The van der Waals surface area contributed by atoms with Crippen LogP contribution in [0.1, 0.15) is 5.82 Å². The number of aryl methyl sites for hydroxylation is 1. The third-order valence-corrected chi connectivity index (χ3v) is 1.98. The van der Waals surface area contributed by atoms with Crippen LogP contribution in [0.3, 0.4) is 0 Å². The van der Waals surface area contributed by atoms with Crippen LogP contribution in [0, 0.1) is 6.92 Å². The highest BCUT2D eigenvalue weighted by Gasteiger charge is 2.00. The van der Waals surface area contributed by atoms with Gasteiger partial charge in [0, 0.05) is 7.05 Å². The zero-order valence-corrected chi connectivity index (χ0v) is 7.20. The van der Waals surface area contributed by atoms with Crippen molar-refractivity contribution < 1.29 is 0 Å². The highest BCUT2D eigenvalue weighted by Crippen LogP contribution is 2.13. The second kappa shape index (κ2) is 2.52. The molecular formula is C9H11N3. The molecular weight excluding hydrogens is 150 g/mol. The van der Waals surface area contributed by atoms with Crippen molar-refractivity contribution in [1.82, 2.24) is 9.38 Å². The van der Waals surface area contributed by atoms with Gasteiger partial charge in [0.1, 0.15) is 11.6 Å². The zero-order chi connectivity index (χ0) is 8.55. The number of nitrogens with zero attached hydrogens (tertiary/aromatic N) is 2. The van der Waals surface area contributed by atoms with Gasteiger partial charge in [-0.15, -0.1) is 0 Å². The molecule has 0 aromatic carbocycles. The summed E-state index contributed by atoms with van der Waals surface area (Å²) in [4.78, 5) is 4.23. The van der Waals surface area contributed by atoms with Gasteiger partial charge < -0.3 is 5.32 Å². The minimum Gasteiger partial charge on any atom is -0.374 e. The van der Waals surface area contributed by atoms with E-state index in [-0.39, 0.29) is 0 Å². The Balaban J connectivity index is 2.84. The smallest absolute Gasteiger partial charge is 0.111 e. The van der Waals surface area contributed by atoms with Gasteiger partial charge >= 0.3 is 0 Å². The molecule has 0 bridgehead atoms. The molecule has 0 amide bonds. The van der Waals surface area contributed by atoms with E-state index in [1.165, 1.54) is 0 Å². The maximum absolute atomic E-state index is 4.23. The van der Waals surface area contributed by atoms with Crippen molar-refractivity contribution in [2.75, 3.05) is 12.4 Å². The zero-order valence-electron chi connectivity index (χ0n) is 7.20. The van der Waals surface area contributed by atoms with E-state index in [9.17, 15) is 0 Å². The van der Waals surface area contributed by atoms with Gasteiger partial charge in [0.2, 0.25) is 0 Å². The van der Waals surface area contributed by atoms with Crippen LogP contribution >= 0.6 is 0 Å². The third-order valence-electron chi connectivity index (χ3n) is 1.98. The molecule has 0 unspecified atom stereocenters. The summed E-state index contributed by atoms with van der Waals surface area (Å²) in [5.74, 6) is 2.08. The van der Waals surface area contributed by atoms with E-state index in [4.69, 9.17) is 0 Å². The van der Waals surface area contributed by atoms with Crippen molar-refractivity contribution in [1.29, 1.82) is 0 Å². The summed E-state index contributed by atoms with van der Waals surface area (Å²) in [5.41, 5.74) is 1.12. The van der Waals surface area contributed by atoms with Crippen molar-refractivity contribution in [2.24, 2.45) is 0 Å². The molecule has 0 aliphatic rings. The van der Waals surface area contributed by atoms with Gasteiger partial charge in [-0.25, -0.2) is 4.98 Å². The predicted octanol–water partition coefficient (Wildman–Crippen LogP) is 1.68. The number of pyridine rings is 1. The fourth-order valence-corrected chi connectivity index (χ4v) is 1.40. The van der Waals surface area contributed by atoms with Crippen LogP contribution in [0.15, 0.2) is 24.4 Å². The maximum Gasteiger partial charge on any atom is 0.111 e. The lowest BCUT2D eigenvalue weighted by atomic mass is 10.4. The number of hydrogen-bond acceptors (Lipinski definition) is 2. The first-order valence-electron chi connectivity index (χ1n) is 3.94. The van der Waals surface area contributed by atoms with E-state index in [2.05, 4.69) is 14.7 Å². The molecule has 62 valence electrons. The van der Waals surface area contributed by atoms with Crippen LogP contribution in [-0.4, -0.2) is 16.4 Å². The van der Waals surface area contributed by atoms with E-state index < -0.39 is 0 Å². The molecule has 3 heteroatoms. The normalized spacial score (nSPS) is 10.5. The molecule has 3 nitrogen and oxygen atoms in total. The SMILES string of the molecule is CNc1cccc2cnc(C)n12. The lowest BCUT2D eigenvalue weighted by molar-refractivity contribution is 1.04. The fraction of sp³-hybridized carbons (Fsp3) is 0.222. The minimum absolute atomic E-state index is 1.01. The summed E-state index contributed by atoms with van der Waals surface area (Å²) in [6.07, 6.45) is 1.87. The molecule has 2 heterocycles. The van der Waals surface area contributed by atoms with Gasteiger partial charge in [0.05, 0.1) is 11.7 Å². The molecule has 2 aromatic rings. The lowest BCUT2D eigenvalue weighted by Crippen LogP contribution is -1.98. The topological polar surface area (TPSA) is 29.3 Å². The molecule has 0 fully saturated rings. The second-order valence-corrected chi connectivity index (χ2v) is 2.73. The van der Waals surface area contributed by atoms with Crippen molar-refractivity contribution >= 4 is 11.3 Å². The Morgan fingerprint density at radius 3 is 3.00 bits per heavy atom. The predicted molar refractivity (Wildman–Crippen MR) is 49.5 cm³/mol. The highest BCUT2D eigenvalue weighted by molar-refractivity contribution is 5.54. The molecule has 0 spiro atoms. The van der Waals surface area contributed by atoms with Crippen LogP contribution in [0.2, 0.25) is 0 Å². The first-order chi connectivity index (χ1) is 5.83. The monoisotopic (exact) mass is 161 g/mol. The Hall–Kier alpha value is -1.51. The highest BCUT2D eigenvalue weighted by atomic mass is 15.1. The lowest BCUT2D eigenvalue weighted by Gasteiger charge is -2.04. The number of aromatic nitrogens is 2.